The molecule has 1 saturated heterocycles. The lowest BCUT2D eigenvalue weighted by Gasteiger charge is -1.83. The van der Waals surface area contributed by atoms with E-state index in [9.17, 15) is 0 Å². The largest absolute Gasteiger partial charge is 0.382 e. The summed E-state index contributed by atoms with van der Waals surface area (Å²) >= 11 is 1.39. The average Bonchev–Trinajstić information content (AvgIpc) is 1.86. The minimum atomic E-state index is 0.306. The molecule has 0 aromatic rings. The fraction of sp³-hybridized carbons (Fsp3) is 0.500. The van der Waals surface area contributed by atoms with Gasteiger partial charge in [-0.1, -0.05) is 4.89 Å². The van der Waals surface area contributed by atoms with E-state index in [2.05, 4.69) is 9.72 Å². The lowest BCUT2D eigenvalue weighted by atomic mass is 10.8. The predicted octanol–water partition coefficient (Wildman–Crippen LogP) is 0.147. The third kappa shape index (κ3) is 0.636. The summed E-state index contributed by atoms with van der Waals surface area (Å²) in [5.41, 5.74) is 0. The lowest BCUT2D eigenvalue weighted by molar-refractivity contribution is 0.278. The van der Waals surface area contributed by atoms with Crippen molar-refractivity contribution in [2.75, 3.05) is 5.75 Å². The van der Waals surface area contributed by atoms with E-state index in [1.165, 1.54) is 11.9 Å². The summed E-state index contributed by atoms with van der Waals surface area (Å²) in [5.74, 6) is 0.958. The molecular formula is C2H4N2OS. The van der Waals surface area contributed by atoms with Crippen LogP contribution in [0.2, 0.25) is 0 Å². The van der Waals surface area contributed by atoms with Crippen molar-refractivity contribution in [3.05, 3.63) is 0 Å². The van der Waals surface area contributed by atoms with Crippen LogP contribution in [0.1, 0.15) is 0 Å². The Kier molecular flexibility index (Phi) is 0.979. The normalized spacial score (nSPS) is 21.0. The van der Waals surface area contributed by atoms with Gasteiger partial charge in [0.25, 0.3) is 0 Å². The van der Waals surface area contributed by atoms with E-state index in [0.717, 1.165) is 0 Å². The van der Waals surface area contributed by atoms with Crippen LogP contribution in [0.4, 0.5) is 0 Å². The summed E-state index contributed by atoms with van der Waals surface area (Å²) in [5, 5.41) is 6.74. The van der Waals surface area contributed by atoms with Crippen molar-refractivity contribution in [3.63, 3.8) is 0 Å². The van der Waals surface area contributed by atoms with Crippen LogP contribution in [0.15, 0.2) is 0 Å². The number of hydrogen-bond donors (Lipinski definition) is 2. The van der Waals surface area contributed by atoms with Gasteiger partial charge in [0, 0.05) is 0 Å². The maximum absolute atomic E-state index is 6.74. The van der Waals surface area contributed by atoms with Crippen LogP contribution in [0.5, 0.6) is 0 Å². The highest BCUT2D eigenvalue weighted by Crippen LogP contribution is 2.01. The second-order valence-corrected chi connectivity index (χ2v) is 1.64. The van der Waals surface area contributed by atoms with Crippen LogP contribution in [-0.2, 0) is 4.84 Å². The maximum atomic E-state index is 6.74. The summed E-state index contributed by atoms with van der Waals surface area (Å²) in [6, 6.07) is 0. The third-order valence-electron chi connectivity index (χ3n) is 0.427. The van der Waals surface area contributed by atoms with Gasteiger partial charge in [0.05, 0.1) is 5.75 Å². The van der Waals surface area contributed by atoms with Gasteiger partial charge in [-0.05, 0) is 11.9 Å². The van der Waals surface area contributed by atoms with Crippen LogP contribution in [0, 0.1) is 5.41 Å². The number of rotatable bonds is 0. The van der Waals surface area contributed by atoms with E-state index < -0.39 is 0 Å². The van der Waals surface area contributed by atoms with Gasteiger partial charge in [-0.25, -0.2) is 0 Å². The van der Waals surface area contributed by atoms with Crippen molar-refractivity contribution < 1.29 is 4.84 Å². The van der Waals surface area contributed by atoms with Crippen molar-refractivity contribution in [2.24, 2.45) is 0 Å². The molecule has 0 aliphatic carbocycles. The van der Waals surface area contributed by atoms with Crippen LogP contribution < -0.4 is 4.89 Å². The van der Waals surface area contributed by atoms with E-state index in [1.807, 2.05) is 0 Å². The third-order valence-corrected chi connectivity index (χ3v) is 1.03. The van der Waals surface area contributed by atoms with Crippen LogP contribution >= 0.6 is 11.9 Å². The highest BCUT2D eigenvalue weighted by Gasteiger charge is 2.04. The Morgan fingerprint density at radius 1 is 2.00 bits per heavy atom. The van der Waals surface area contributed by atoms with Gasteiger partial charge in [-0.3, -0.25) is 5.41 Å². The standard InChI is InChI=1S/C2H4N2OS/c3-2-1-6-4-5-2/h3-4H,1H2. The Morgan fingerprint density at radius 2 is 2.83 bits per heavy atom. The second kappa shape index (κ2) is 1.49. The predicted molar refractivity (Wildman–Crippen MR) is 24.4 cm³/mol. The quantitative estimate of drug-likeness (QED) is 0.430. The molecule has 0 saturated carbocycles. The molecule has 0 aromatic heterocycles. The van der Waals surface area contributed by atoms with E-state index in [-0.39, 0.29) is 0 Å². The molecule has 0 amide bonds. The highest BCUT2D eigenvalue weighted by molar-refractivity contribution is 7.98. The molecule has 0 unspecified atom stereocenters. The molecule has 4 heteroatoms. The van der Waals surface area contributed by atoms with Crippen molar-refractivity contribution in [2.45, 2.75) is 0 Å². The molecule has 0 aromatic carbocycles. The van der Waals surface area contributed by atoms with Gasteiger partial charge in [0.1, 0.15) is 0 Å². The Morgan fingerprint density at radius 3 is 3.00 bits per heavy atom. The zero-order valence-corrected chi connectivity index (χ0v) is 3.84. The first-order chi connectivity index (χ1) is 2.89. The van der Waals surface area contributed by atoms with Crippen molar-refractivity contribution in [3.8, 4) is 0 Å². The molecule has 1 fully saturated rings. The highest BCUT2D eigenvalue weighted by atomic mass is 32.2. The molecule has 1 heterocycles. The van der Waals surface area contributed by atoms with Crippen molar-refractivity contribution >= 4 is 17.8 Å². The smallest absolute Gasteiger partial charge is 0.219 e. The molecule has 1 rings (SSSR count). The molecule has 1 aliphatic rings. The Hall–Kier alpha value is -0.220. The molecule has 6 heavy (non-hydrogen) atoms. The van der Waals surface area contributed by atoms with Gasteiger partial charge in [-0.2, -0.15) is 0 Å². The average molecular weight is 104 g/mol. The summed E-state index contributed by atoms with van der Waals surface area (Å²) < 4.78 is 0. The Balaban J connectivity index is 2.37. The maximum Gasteiger partial charge on any atom is 0.219 e. The molecule has 0 atom stereocenters. The van der Waals surface area contributed by atoms with Crippen molar-refractivity contribution in [1.29, 1.82) is 5.41 Å². The summed E-state index contributed by atoms with van der Waals surface area (Å²) in [6.07, 6.45) is 0. The van der Waals surface area contributed by atoms with Gasteiger partial charge >= 0.3 is 0 Å². The molecular weight excluding hydrogens is 100 g/mol. The first-order valence-electron chi connectivity index (χ1n) is 1.50. The summed E-state index contributed by atoms with van der Waals surface area (Å²) in [7, 11) is 0. The lowest BCUT2D eigenvalue weighted by Crippen LogP contribution is -1.98. The molecule has 2 N–H and O–H groups in total. The molecule has 1 aliphatic heterocycles. The van der Waals surface area contributed by atoms with Crippen LogP contribution in [0.25, 0.3) is 0 Å². The molecule has 34 valence electrons. The molecule has 0 radical (unpaired) electrons. The topological polar surface area (TPSA) is 45.1 Å². The summed E-state index contributed by atoms with van der Waals surface area (Å²) in [6.45, 7) is 0. The van der Waals surface area contributed by atoms with Gasteiger partial charge in [0.15, 0.2) is 0 Å². The zero-order valence-electron chi connectivity index (χ0n) is 3.02. The molecule has 0 spiro atoms. The van der Waals surface area contributed by atoms with E-state index in [0.29, 0.717) is 11.7 Å². The second-order valence-electron chi connectivity index (χ2n) is 0.897. The van der Waals surface area contributed by atoms with E-state index in [4.69, 9.17) is 5.41 Å². The first-order valence-corrected chi connectivity index (χ1v) is 2.49. The SMILES string of the molecule is N=C1CSNO1. The molecule has 3 nitrogen and oxygen atoms in total. The Labute approximate surface area is 39.7 Å². The molecule has 0 bridgehead atoms. The first kappa shape index (κ1) is 3.95. The minimum Gasteiger partial charge on any atom is -0.382 e. The summed E-state index contributed by atoms with van der Waals surface area (Å²) in [4.78, 5) is 6.91. The van der Waals surface area contributed by atoms with Crippen LogP contribution in [0.3, 0.4) is 0 Å². The van der Waals surface area contributed by atoms with Gasteiger partial charge < -0.3 is 4.84 Å². The monoisotopic (exact) mass is 104 g/mol. The van der Waals surface area contributed by atoms with Gasteiger partial charge in [0.2, 0.25) is 5.90 Å². The van der Waals surface area contributed by atoms with E-state index >= 15 is 0 Å². The number of hydrogen-bond acceptors (Lipinski definition) is 4. The van der Waals surface area contributed by atoms with E-state index in [1.54, 1.807) is 0 Å². The fourth-order valence-electron chi connectivity index (χ4n) is 0.204. The van der Waals surface area contributed by atoms with Crippen LogP contribution in [-0.4, -0.2) is 11.7 Å². The van der Waals surface area contributed by atoms with Crippen molar-refractivity contribution in [1.82, 2.24) is 4.89 Å². The minimum absolute atomic E-state index is 0.306. The zero-order chi connectivity index (χ0) is 4.41. The fourth-order valence-corrected chi connectivity index (χ4v) is 0.613. The Bertz CT molecular complexity index is 65.9. The number of nitrogens with one attached hydrogen (secondary N) is 2. The van der Waals surface area contributed by atoms with Gasteiger partial charge in [-0.15, -0.1) is 0 Å².